The summed E-state index contributed by atoms with van der Waals surface area (Å²) in [5, 5.41) is 0. The van der Waals surface area contributed by atoms with Gasteiger partial charge in [0, 0.05) is 25.3 Å². The Kier molecular flexibility index (Phi) is 6.48. The maximum Gasteiger partial charge on any atom is 0.416 e. The monoisotopic (exact) mass is 488 g/mol. The van der Waals surface area contributed by atoms with Gasteiger partial charge in [-0.2, -0.15) is 13.2 Å². The average Bonchev–Trinajstić information content (AvgIpc) is 3.19. The molecule has 1 amide bonds. The van der Waals surface area contributed by atoms with Crippen LogP contribution in [0.25, 0.3) is 5.69 Å². The molecule has 1 atom stereocenters. The summed E-state index contributed by atoms with van der Waals surface area (Å²) in [7, 11) is 0. The third-order valence-corrected chi connectivity index (χ3v) is 5.91. The first kappa shape index (κ1) is 24.6. The van der Waals surface area contributed by atoms with E-state index in [9.17, 15) is 22.8 Å². The van der Waals surface area contributed by atoms with E-state index in [2.05, 4.69) is 4.98 Å². The van der Waals surface area contributed by atoms with Crippen LogP contribution in [0.3, 0.4) is 0 Å². The zero-order valence-corrected chi connectivity index (χ0v) is 20.0. The largest absolute Gasteiger partial charge is 0.491 e. The highest BCUT2D eigenvalue weighted by Gasteiger charge is 2.33. The topological polar surface area (TPSA) is 69.4 Å². The molecule has 3 heterocycles. The SMILES string of the molecule is Cc1cn(-c2ccc3n(c2=O)C[C@@H](C)N(CCc2cc(OC(C)C)cc(C(F)(F)F)c2)C3=O)cn1. The van der Waals surface area contributed by atoms with Gasteiger partial charge in [-0.25, -0.2) is 4.98 Å². The summed E-state index contributed by atoms with van der Waals surface area (Å²) in [6.45, 7) is 7.61. The Labute approximate surface area is 200 Å². The highest BCUT2D eigenvalue weighted by atomic mass is 19.4. The predicted molar refractivity (Wildman–Crippen MR) is 124 cm³/mol. The van der Waals surface area contributed by atoms with Crippen molar-refractivity contribution in [1.29, 1.82) is 0 Å². The van der Waals surface area contributed by atoms with Gasteiger partial charge < -0.3 is 18.8 Å². The van der Waals surface area contributed by atoms with Crippen molar-refractivity contribution in [2.24, 2.45) is 0 Å². The molecule has 0 radical (unpaired) electrons. The molecule has 3 aromatic rings. The molecule has 0 saturated carbocycles. The van der Waals surface area contributed by atoms with Crippen molar-refractivity contribution in [1.82, 2.24) is 19.0 Å². The molecule has 0 bridgehead atoms. The summed E-state index contributed by atoms with van der Waals surface area (Å²) in [6.07, 6.45) is -1.29. The Morgan fingerprint density at radius 3 is 2.54 bits per heavy atom. The van der Waals surface area contributed by atoms with Crippen molar-refractivity contribution in [3.8, 4) is 11.4 Å². The summed E-state index contributed by atoms with van der Waals surface area (Å²) in [6, 6.07) is 6.52. The molecule has 10 heteroatoms. The van der Waals surface area contributed by atoms with Gasteiger partial charge in [0.1, 0.15) is 17.1 Å². The van der Waals surface area contributed by atoms with Gasteiger partial charge in [0.25, 0.3) is 11.5 Å². The van der Waals surface area contributed by atoms with Gasteiger partial charge in [0.05, 0.1) is 23.7 Å². The minimum Gasteiger partial charge on any atom is -0.491 e. The summed E-state index contributed by atoms with van der Waals surface area (Å²) in [5.74, 6) is -0.193. The summed E-state index contributed by atoms with van der Waals surface area (Å²) in [5.41, 5.74) is 0.741. The molecular formula is C25H27F3N4O3. The average molecular weight is 489 g/mol. The van der Waals surface area contributed by atoms with Gasteiger partial charge in [-0.1, -0.05) is 0 Å². The van der Waals surface area contributed by atoms with Crippen molar-refractivity contribution < 1.29 is 22.7 Å². The number of fused-ring (bicyclic) bond motifs is 1. The van der Waals surface area contributed by atoms with Gasteiger partial charge >= 0.3 is 6.18 Å². The molecule has 1 aliphatic heterocycles. The molecule has 186 valence electrons. The third-order valence-electron chi connectivity index (χ3n) is 5.91. The number of benzene rings is 1. The number of rotatable bonds is 6. The molecule has 0 spiro atoms. The standard InChI is InChI=1S/C25H27F3N4O3/c1-15(2)35-20-10-18(9-19(11-20)25(26,27)28)7-8-31-17(4)13-32-22(24(31)34)6-5-21(23(32)33)30-12-16(3)29-14-30/h5-6,9-12,14-15,17H,7-8,13H2,1-4H3/t17-/m1/s1. The lowest BCUT2D eigenvalue weighted by Crippen LogP contribution is -2.50. The minimum absolute atomic E-state index is 0.141. The number of pyridine rings is 1. The van der Waals surface area contributed by atoms with E-state index in [0.29, 0.717) is 11.3 Å². The summed E-state index contributed by atoms with van der Waals surface area (Å²) >= 11 is 0. The highest BCUT2D eigenvalue weighted by Crippen LogP contribution is 2.33. The van der Waals surface area contributed by atoms with Crippen molar-refractivity contribution in [2.75, 3.05) is 6.54 Å². The number of alkyl halides is 3. The number of hydrogen-bond acceptors (Lipinski definition) is 4. The minimum atomic E-state index is -4.51. The van der Waals surface area contributed by atoms with E-state index < -0.39 is 11.7 Å². The third kappa shape index (κ3) is 5.11. The fraction of sp³-hybridized carbons (Fsp3) is 0.400. The van der Waals surface area contributed by atoms with Gasteiger partial charge in [-0.3, -0.25) is 9.59 Å². The number of aromatic nitrogens is 3. The Balaban J connectivity index is 1.58. The maximum atomic E-state index is 13.4. The number of carbonyl (C=O) groups excluding carboxylic acids is 1. The van der Waals surface area contributed by atoms with Crippen LogP contribution in [0.5, 0.6) is 5.75 Å². The second kappa shape index (κ2) is 9.24. The van der Waals surface area contributed by atoms with Crippen molar-refractivity contribution >= 4 is 5.91 Å². The van der Waals surface area contributed by atoms with E-state index in [4.69, 9.17) is 4.74 Å². The zero-order chi connectivity index (χ0) is 25.5. The van der Waals surface area contributed by atoms with E-state index in [-0.39, 0.29) is 54.6 Å². The first-order valence-corrected chi connectivity index (χ1v) is 11.4. The van der Waals surface area contributed by atoms with E-state index in [1.54, 1.807) is 54.0 Å². The molecule has 0 aliphatic carbocycles. The molecule has 4 rings (SSSR count). The fourth-order valence-corrected chi connectivity index (χ4v) is 4.27. The maximum absolute atomic E-state index is 13.4. The predicted octanol–water partition coefficient (Wildman–Crippen LogP) is 4.24. The number of imidazole rings is 1. The molecule has 1 aromatic carbocycles. The van der Waals surface area contributed by atoms with Crippen molar-refractivity contribution in [2.45, 2.75) is 59.0 Å². The van der Waals surface area contributed by atoms with E-state index in [1.807, 2.05) is 13.8 Å². The molecular weight excluding hydrogens is 461 g/mol. The summed E-state index contributed by atoms with van der Waals surface area (Å²) < 4.78 is 48.8. The number of halogens is 3. The van der Waals surface area contributed by atoms with Crippen molar-refractivity contribution in [3.63, 3.8) is 0 Å². The number of aryl methyl sites for hydroxylation is 1. The number of amides is 1. The van der Waals surface area contributed by atoms with E-state index in [0.717, 1.165) is 17.8 Å². The second-order valence-corrected chi connectivity index (χ2v) is 9.07. The molecule has 0 unspecified atom stereocenters. The Morgan fingerprint density at radius 2 is 1.91 bits per heavy atom. The normalized spacial score (nSPS) is 16.1. The lowest BCUT2D eigenvalue weighted by Gasteiger charge is -2.35. The first-order valence-electron chi connectivity index (χ1n) is 11.4. The molecule has 0 fully saturated rings. The van der Waals surface area contributed by atoms with Crippen LogP contribution < -0.4 is 10.3 Å². The lowest BCUT2D eigenvalue weighted by atomic mass is 10.0. The zero-order valence-electron chi connectivity index (χ0n) is 20.0. The summed E-state index contributed by atoms with van der Waals surface area (Å²) in [4.78, 5) is 32.1. The number of nitrogens with zero attached hydrogens (tertiary/aromatic N) is 4. The molecule has 35 heavy (non-hydrogen) atoms. The Morgan fingerprint density at radius 1 is 1.17 bits per heavy atom. The van der Waals surface area contributed by atoms with Gasteiger partial charge in [0.15, 0.2) is 0 Å². The lowest BCUT2D eigenvalue weighted by molar-refractivity contribution is -0.137. The number of carbonyl (C=O) groups is 1. The van der Waals surface area contributed by atoms with Crippen LogP contribution in [0.15, 0.2) is 47.7 Å². The molecule has 2 aromatic heterocycles. The van der Waals surface area contributed by atoms with Crippen LogP contribution in [0.1, 0.15) is 48.1 Å². The van der Waals surface area contributed by atoms with Crippen LogP contribution in [-0.2, 0) is 19.1 Å². The quantitative estimate of drug-likeness (QED) is 0.521. The van der Waals surface area contributed by atoms with Crippen molar-refractivity contribution in [3.05, 3.63) is 75.7 Å². The number of ether oxygens (including phenoxy) is 1. The van der Waals surface area contributed by atoms with Crippen LogP contribution in [0.4, 0.5) is 13.2 Å². The molecule has 0 saturated heterocycles. The van der Waals surface area contributed by atoms with E-state index >= 15 is 0 Å². The first-order chi connectivity index (χ1) is 16.4. The van der Waals surface area contributed by atoms with Crippen LogP contribution in [0.2, 0.25) is 0 Å². The van der Waals surface area contributed by atoms with Gasteiger partial charge in [-0.15, -0.1) is 0 Å². The fourth-order valence-electron chi connectivity index (χ4n) is 4.27. The molecule has 0 N–H and O–H groups in total. The number of hydrogen-bond donors (Lipinski definition) is 0. The highest BCUT2D eigenvalue weighted by molar-refractivity contribution is 5.93. The van der Waals surface area contributed by atoms with Crippen LogP contribution in [-0.4, -0.2) is 43.6 Å². The van der Waals surface area contributed by atoms with Gasteiger partial charge in [-0.05, 0) is 70.0 Å². The second-order valence-electron chi connectivity index (χ2n) is 9.07. The van der Waals surface area contributed by atoms with Crippen LogP contribution >= 0.6 is 0 Å². The Bertz CT molecular complexity index is 1310. The molecule has 1 aliphatic rings. The Hall–Kier alpha value is -3.56. The van der Waals surface area contributed by atoms with Gasteiger partial charge in [0.2, 0.25) is 0 Å². The smallest absolute Gasteiger partial charge is 0.416 e. The molecule has 7 nitrogen and oxygen atoms in total. The van der Waals surface area contributed by atoms with E-state index in [1.165, 1.54) is 4.57 Å². The van der Waals surface area contributed by atoms with Crippen LogP contribution in [0, 0.1) is 6.92 Å².